The van der Waals surface area contributed by atoms with Gasteiger partial charge in [-0.05, 0) is 24.8 Å². The topological polar surface area (TPSA) is 29.4 Å². The van der Waals surface area contributed by atoms with E-state index in [1.165, 1.54) is 0 Å². The van der Waals surface area contributed by atoms with Crippen molar-refractivity contribution in [2.45, 2.75) is 48.0 Å². The summed E-state index contributed by atoms with van der Waals surface area (Å²) >= 11 is 0. The molecule has 0 aliphatic rings. The molecule has 2 nitrogen and oxygen atoms in total. The number of aliphatic imine (C=N–C) groups is 1. The lowest BCUT2D eigenvalue weighted by Gasteiger charge is -2.29. The Labute approximate surface area is 99.9 Å². The molecule has 0 bridgehead atoms. The molecule has 0 N–H and O–H groups in total. The molecule has 16 heavy (non-hydrogen) atoms. The normalized spacial score (nSPS) is 14.6. The highest BCUT2D eigenvalue weighted by molar-refractivity contribution is 5.99. The van der Waals surface area contributed by atoms with Gasteiger partial charge in [0.1, 0.15) is 0 Å². The molecule has 0 saturated heterocycles. The van der Waals surface area contributed by atoms with Crippen LogP contribution >= 0.6 is 0 Å². The second-order valence-electron chi connectivity index (χ2n) is 5.85. The van der Waals surface area contributed by atoms with Gasteiger partial charge in [-0.15, -0.1) is 0 Å². The van der Waals surface area contributed by atoms with Crippen LogP contribution in [0.2, 0.25) is 0 Å². The number of allylic oxidation sites excluding steroid dienone is 2. The van der Waals surface area contributed by atoms with Gasteiger partial charge >= 0.3 is 0 Å². The standard InChI is InChI=1S/C14H25NO/c1-8-9-12(16)14(5,6)10-11(15-7)13(2,3)4/h8-9H,10H2,1-7H3/b9-8-,15-11+. The third-order valence-electron chi connectivity index (χ3n) is 2.73. The summed E-state index contributed by atoms with van der Waals surface area (Å²) in [7, 11) is 1.80. The zero-order valence-electron chi connectivity index (χ0n) is 11.7. The molecule has 0 saturated carbocycles. The summed E-state index contributed by atoms with van der Waals surface area (Å²) in [6, 6.07) is 0. The fourth-order valence-corrected chi connectivity index (χ4v) is 1.56. The van der Waals surface area contributed by atoms with Crippen LogP contribution in [0.1, 0.15) is 48.0 Å². The molecule has 0 aliphatic heterocycles. The summed E-state index contributed by atoms with van der Waals surface area (Å²) in [6.07, 6.45) is 4.16. The van der Waals surface area contributed by atoms with Gasteiger partial charge in [0.25, 0.3) is 0 Å². The van der Waals surface area contributed by atoms with E-state index in [2.05, 4.69) is 25.8 Å². The van der Waals surface area contributed by atoms with Gasteiger partial charge in [-0.3, -0.25) is 9.79 Å². The Hall–Kier alpha value is -0.920. The average Bonchev–Trinajstić information content (AvgIpc) is 2.12. The maximum atomic E-state index is 11.9. The zero-order valence-corrected chi connectivity index (χ0v) is 11.7. The van der Waals surface area contributed by atoms with Crippen LogP contribution in [0.5, 0.6) is 0 Å². The number of hydrogen-bond donors (Lipinski definition) is 0. The molecule has 0 aliphatic carbocycles. The Morgan fingerprint density at radius 2 is 1.69 bits per heavy atom. The summed E-state index contributed by atoms with van der Waals surface area (Å²) in [4.78, 5) is 16.2. The maximum absolute atomic E-state index is 11.9. The van der Waals surface area contributed by atoms with Crippen molar-refractivity contribution in [1.29, 1.82) is 0 Å². The smallest absolute Gasteiger partial charge is 0.161 e. The Balaban J connectivity index is 4.90. The van der Waals surface area contributed by atoms with E-state index < -0.39 is 0 Å². The predicted molar refractivity (Wildman–Crippen MR) is 71.0 cm³/mol. The molecule has 0 spiro atoms. The van der Waals surface area contributed by atoms with Crippen LogP contribution in [0.25, 0.3) is 0 Å². The van der Waals surface area contributed by atoms with Crippen LogP contribution in [-0.2, 0) is 4.79 Å². The fraction of sp³-hybridized carbons (Fsp3) is 0.714. The highest BCUT2D eigenvalue weighted by Gasteiger charge is 2.31. The largest absolute Gasteiger partial charge is 0.297 e. The molecular formula is C14H25NO. The van der Waals surface area contributed by atoms with Crippen molar-refractivity contribution >= 4 is 11.5 Å². The van der Waals surface area contributed by atoms with E-state index in [9.17, 15) is 4.79 Å². The molecule has 0 unspecified atom stereocenters. The molecule has 0 atom stereocenters. The Kier molecular flexibility index (Phi) is 5.11. The van der Waals surface area contributed by atoms with Gasteiger partial charge < -0.3 is 0 Å². The maximum Gasteiger partial charge on any atom is 0.161 e. The first-order valence-electron chi connectivity index (χ1n) is 5.78. The second kappa shape index (κ2) is 5.42. The van der Waals surface area contributed by atoms with E-state index in [1.807, 2.05) is 20.8 Å². The Bertz CT molecular complexity index is 303. The van der Waals surface area contributed by atoms with E-state index in [0.717, 1.165) is 12.1 Å². The third-order valence-corrected chi connectivity index (χ3v) is 2.73. The zero-order chi connectivity index (χ0) is 13.0. The minimum atomic E-state index is -0.366. The van der Waals surface area contributed by atoms with Gasteiger partial charge in [0.15, 0.2) is 5.78 Å². The van der Waals surface area contributed by atoms with Crippen molar-refractivity contribution in [3.8, 4) is 0 Å². The molecule has 92 valence electrons. The second-order valence-corrected chi connectivity index (χ2v) is 5.85. The van der Waals surface area contributed by atoms with Gasteiger partial charge in [-0.25, -0.2) is 0 Å². The lowest BCUT2D eigenvalue weighted by molar-refractivity contribution is -0.121. The van der Waals surface area contributed by atoms with Crippen LogP contribution in [0.4, 0.5) is 0 Å². The third kappa shape index (κ3) is 4.30. The van der Waals surface area contributed by atoms with Crippen molar-refractivity contribution in [3.63, 3.8) is 0 Å². The molecular weight excluding hydrogens is 198 g/mol. The number of carbonyl (C=O) groups is 1. The monoisotopic (exact) mass is 223 g/mol. The molecule has 2 heteroatoms. The highest BCUT2D eigenvalue weighted by Crippen LogP contribution is 2.29. The van der Waals surface area contributed by atoms with Crippen LogP contribution < -0.4 is 0 Å². The molecule has 0 aromatic rings. The van der Waals surface area contributed by atoms with Gasteiger partial charge in [0.2, 0.25) is 0 Å². The fourth-order valence-electron chi connectivity index (χ4n) is 1.56. The molecule has 0 rings (SSSR count). The van der Waals surface area contributed by atoms with E-state index >= 15 is 0 Å². The van der Waals surface area contributed by atoms with Crippen LogP contribution in [-0.4, -0.2) is 18.5 Å². The molecule has 0 fully saturated rings. The summed E-state index contributed by atoms with van der Waals surface area (Å²) in [5, 5.41) is 0. The molecule has 0 aromatic heterocycles. The summed E-state index contributed by atoms with van der Waals surface area (Å²) < 4.78 is 0. The lowest BCUT2D eigenvalue weighted by Crippen LogP contribution is -2.31. The van der Waals surface area contributed by atoms with E-state index in [-0.39, 0.29) is 16.6 Å². The van der Waals surface area contributed by atoms with Crippen molar-refractivity contribution in [2.24, 2.45) is 15.8 Å². The van der Waals surface area contributed by atoms with Crippen molar-refractivity contribution in [3.05, 3.63) is 12.2 Å². The number of ketones is 1. The van der Waals surface area contributed by atoms with Crippen molar-refractivity contribution in [2.75, 3.05) is 7.05 Å². The van der Waals surface area contributed by atoms with E-state index in [4.69, 9.17) is 0 Å². The van der Waals surface area contributed by atoms with Crippen LogP contribution in [0.15, 0.2) is 17.1 Å². The first-order valence-corrected chi connectivity index (χ1v) is 5.78. The van der Waals surface area contributed by atoms with Gasteiger partial charge in [0.05, 0.1) is 0 Å². The van der Waals surface area contributed by atoms with E-state index in [0.29, 0.717) is 0 Å². The first-order chi connectivity index (χ1) is 7.15. The average molecular weight is 223 g/mol. The number of carbonyl (C=O) groups excluding carboxylic acids is 1. The Morgan fingerprint density at radius 1 is 1.19 bits per heavy atom. The first kappa shape index (κ1) is 15.1. The molecule has 0 heterocycles. The van der Waals surface area contributed by atoms with Crippen LogP contribution in [0, 0.1) is 10.8 Å². The number of hydrogen-bond acceptors (Lipinski definition) is 2. The molecule has 0 radical (unpaired) electrons. The summed E-state index contributed by atoms with van der Waals surface area (Å²) in [5.74, 6) is 0.167. The van der Waals surface area contributed by atoms with Gasteiger partial charge in [-0.2, -0.15) is 0 Å². The van der Waals surface area contributed by atoms with Crippen molar-refractivity contribution < 1.29 is 4.79 Å². The molecule has 0 amide bonds. The van der Waals surface area contributed by atoms with Gasteiger partial charge in [-0.1, -0.05) is 40.7 Å². The molecule has 0 aromatic carbocycles. The predicted octanol–water partition coefficient (Wildman–Crippen LogP) is 3.66. The summed E-state index contributed by atoms with van der Waals surface area (Å²) in [5.41, 5.74) is 0.756. The SMILES string of the molecule is C/C=C\C(=O)C(C)(C)C/C(=N\C)C(C)(C)C. The lowest BCUT2D eigenvalue weighted by atomic mass is 9.76. The highest BCUT2D eigenvalue weighted by atomic mass is 16.1. The van der Waals surface area contributed by atoms with Crippen molar-refractivity contribution in [1.82, 2.24) is 0 Å². The minimum Gasteiger partial charge on any atom is -0.297 e. The quantitative estimate of drug-likeness (QED) is 0.528. The number of rotatable bonds is 4. The van der Waals surface area contributed by atoms with Crippen LogP contribution in [0.3, 0.4) is 0 Å². The van der Waals surface area contributed by atoms with Gasteiger partial charge in [0, 0.05) is 18.2 Å². The minimum absolute atomic E-state index is 0.0300. The van der Waals surface area contributed by atoms with E-state index in [1.54, 1.807) is 19.2 Å². The Morgan fingerprint density at radius 3 is 2.00 bits per heavy atom. The number of nitrogens with zero attached hydrogens (tertiary/aromatic N) is 1. The summed E-state index contributed by atoms with van der Waals surface area (Å²) in [6.45, 7) is 12.2.